The number of rotatable bonds is 1. The van der Waals surface area contributed by atoms with Crippen LogP contribution in [0.1, 0.15) is 35.0 Å². The molecule has 14 heavy (non-hydrogen) atoms. The Morgan fingerprint density at radius 3 is 3.07 bits per heavy atom. The third-order valence-corrected chi connectivity index (χ3v) is 2.59. The van der Waals surface area contributed by atoms with Gasteiger partial charge in [0.2, 0.25) is 0 Å². The van der Waals surface area contributed by atoms with Gasteiger partial charge in [0, 0.05) is 19.1 Å². The Balaban J connectivity index is 2.57. The maximum Gasteiger partial charge on any atom is 0.269 e. The van der Waals surface area contributed by atoms with E-state index < -0.39 is 5.91 Å². The molecule has 0 saturated carbocycles. The number of aryl methyl sites for hydroxylation is 1. The van der Waals surface area contributed by atoms with Crippen LogP contribution in [0.2, 0.25) is 0 Å². The molecule has 5 nitrogen and oxygen atoms in total. The molecule has 0 bridgehead atoms. The predicted molar refractivity (Wildman–Crippen MR) is 51.9 cm³/mol. The molecule has 0 spiro atoms. The lowest BCUT2D eigenvalue weighted by molar-refractivity contribution is 0.0994. The number of primary amides is 1. The minimum absolute atomic E-state index is 0.333. The quantitative estimate of drug-likeness (QED) is 0.658. The standard InChI is InChI=1S/C9H14N4O/c1-5-3-11-4-7-8(9(10)14)12-6(2)13(5)7/h5,11H,3-4H2,1-2H3,(H2,10,14). The molecule has 0 aromatic carbocycles. The van der Waals surface area contributed by atoms with Crippen LogP contribution in [0.15, 0.2) is 0 Å². The highest BCUT2D eigenvalue weighted by atomic mass is 16.1. The fourth-order valence-electron chi connectivity index (χ4n) is 2.03. The molecule has 0 aliphatic carbocycles. The second-order valence-electron chi connectivity index (χ2n) is 3.67. The molecule has 1 amide bonds. The Morgan fingerprint density at radius 2 is 2.43 bits per heavy atom. The largest absolute Gasteiger partial charge is 0.364 e. The first-order valence-electron chi connectivity index (χ1n) is 4.69. The molecule has 2 rings (SSSR count). The van der Waals surface area contributed by atoms with Crippen LogP contribution >= 0.6 is 0 Å². The number of aromatic nitrogens is 2. The summed E-state index contributed by atoms with van der Waals surface area (Å²) in [7, 11) is 0. The maximum absolute atomic E-state index is 11.1. The molecule has 1 aromatic heterocycles. The monoisotopic (exact) mass is 194 g/mol. The van der Waals surface area contributed by atoms with Crippen molar-refractivity contribution in [1.82, 2.24) is 14.9 Å². The SMILES string of the molecule is Cc1nc(C(N)=O)c2n1C(C)CNC2. The van der Waals surface area contributed by atoms with E-state index >= 15 is 0 Å². The van der Waals surface area contributed by atoms with E-state index in [9.17, 15) is 4.79 Å². The Hall–Kier alpha value is -1.36. The second kappa shape index (κ2) is 3.09. The minimum Gasteiger partial charge on any atom is -0.364 e. The van der Waals surface area contributed by atoms with Gasteiger partial charge < -0.3 is 15.6 Å². The summed E-state index contributed by atoms with van der Waals surface area (Å²) in [6.07, 6.45) is 0. The number of amides is 1. The highest BCUT2D eigenvalue weighted by molar-refractivity contribution is 5.92. The summed E-state index contributed by atoms with van der Waals surface area (Å²) in [6.45, 7) is 5.57. The van der Waals surface area contributed by atoms with Crippen molar-refractivity contribution in [3.05, 3.63) is 17.2 Å². The first-order chi connectivity index (χ1) is 6.61. The van der Waals surface area contributed by atoms with Gasteiger partial charge in [-0.3, -0.25) is 4.79 Å². The van der Waals surface area contributed by atoms with Gasteiger partial charge in [-0.05, 0) is 13.8 Å². The van der Waals surface area contributed by atoms with Crippen molar-refractivity contribution >= 4 is 5.91 Å². The number of nitrogens with one attached hydrogen (secondary N) is 1. The summed E-state index contributed by atoms with van der Waals surface area (Å²) in [5.41, 5.74) is 6.57. The van der Waals surface area contributed by atoms with Crippen molar-refractivity contribution in [2.24, 2.45) is 5.73 Å². The average Bonchev–Trinajstić information content (AvgIpc) is 2.45. The molecular weight excluding hydrogens is 180 g/mol. The molecule has 0 fully saturated rings. The fraction of sp³-hybridized carbons (Fsp3) is 0.556. The van der Waals surface area contributed by atoms with E-state index in [1.807, 2.05) is 6.92 Å². The van der Waals surface area contributed by atoms with E-state index in [1.165, 1.54) is 0 Å². The number of carbonyl (C=O) groups excluding carboxylic acids is 1. The zero-order valence-corrected chi connectivity index (χ0v) is 8.37. The average molecular weight is 194 g/mol. The van der Waals surface area contributed by atoms with Crippen molar-refractivity contribution in [3.8, 4) is 0 Å². The molecule has 0 radical (unpaired) electrons. The molecule has 1 aliphatic heterocycles. The first kappa shape index (κ1) is 9.21. The number of carbonyl (C=O) groups is 1. The molecule has 1 aromatic rings. The van der Waals surface area contributed by atoms with Gasteiger partial charge in [-0.25, -0.2) is 4.98 Å². The van der Waals surface area contributed by atoms with Crippen LogP contribution in [0.5, 0.6) is 0 Å². The second-order valence-corrected chi connectivity index (χ2v) is 3.67. The predicted octanol–water partition coefficient (Wildman–Crippen LogP) is -0.0454. The molecule has 1 atom stereocenters. The molecule has 5 heteroatoms. The highest BCUT2D eigenvalue weighted by Gasteiger charge is 2.24. The topological polar surface area (TPSA) is 72.9 Å². The van der Waals surface area contributed by atoms with Gasteiger partial charge in [0.15, 0.2) is 5.69 Å². The molecule has 76 valence electrons. The third kappa shape index (κ3) is 1.21. The van der Waals surface area contributed by atoms with E-state index in [1.54, 1.807) is 0 Å². The summed E-state index contributed by atoms with van der Waals surface area (Å²) in [4.78, 5) is 15.3. The number of nitrogens with zero attached hydrogens (tertiary/aromatic N) is 2. The van der Waals surface area contributed by atoms with E-state index in [2.05, 4.69) is 21.8 Å². The van der Waals surface area contributed by atoms with Crippen LogP contribution in [-0.4, -0.2) is 22.0 Å². The molecule has 1 unspecified atom stereocenters. The summed E-state index contributed by atoms with van der Waals surface area (Å²) in [5.74, 6) is 0.417. The minimum atomic E-state index is -0.447. The zero-order chi connectivity index (χ0) is 10.3. The van der Waals surface area contributed by atoms with Crippen molar-refractivity contribution in [2.45, 2.75) is 26.4 Å². The van der Waals surface area contributed by atoms with Gasteiger partial charge in [0.05, 0.1) is 5.69 Å². The van der Waals surface area contributed by atoms with Gasteiger partial charge in [0.1, 0.15) is 5.82 Å². The summed E-state index contributed by atoms with van der Waals surface area (Å²) in [5, 5.41) is 3.23. The van der Waals surface area contributed by atoms with E-state index in [4.69, 9.17) is 5.73 Å². The van der Waals surface area contributed by atoms with Crippen LogP contribution in [-0.2, 0) is 6.54 Å². The lowest BCUT2D eigenvalue weighted by Crippen LogP contribution is -2.33. The molecule has 0 saturated heterocycles. The Bertz CT molecular complexity index is 382. The lowest BCUT2D eigenvalue weighted by Gasteiger charge is -2.24. The lowest BCUT2D eigenvalue weighted by atomic mass is 10.2. The summed E-state index contributed by atoms with van der Waals surface area (Å²) >= 11 is 0. The third-order valence-electron chi connectivity index (χ3n) is 2.59. The molecule has 2 heterocycles. The number of nitrogens with two attached hydrogens (primary N) is 1. The summed E-state index contributed by atoms with van der Waals surface area (Å²) < 4.78 is 2.08. The van der Waals surface area contributed by atoms with E-state index in [0.717, 1.165) is 18.1 Å². The van der Waals surface area contributed by atoms with Crippen molar-refractivity contribution in [1.29, 1.82) is 0 Å². The Kier molecular flexibility index (Phi) is 2.03. The zero-order valence-electron chi connectivity index (χ0n) is 8.37. The van der Waals surface area contributed by atoms with Gasteiger partial charge >= 0.3 is 0 Å². The number of hydrogen-bond donors (Lipinski definition) is 2. The van der Waals surface area contributed by atoms with E-state index in [0.29, 0.717) is 18.3 Å². The fourth-order valence-corrected chi connectivity index (χ4v) is 2.03. The van der Waals surface area contributed by atoms with Crippen molar-refractivity contribution < 1.29 is 4.79 Å². The van der Waals surface area contributed by atoms with Crippen LogP contribution in [0.3, 0.4) is 0 Å². The van der Waals surface area contributed by atoms with Gasteiger partial charge in [-0.1, -0.05) is 0 Å². The Labute approximate surface area is 82.3 Å². The molecule has 1 aliphatic rings. The van der Waals surface area contributed by atoms with Crippen LogP contribution in [0.25, 0.3) is 0 Å². The van der Waals surface area contributed by atoms with E-state index in [-0.39, 0.29) is 0 Å². The highest BCUT2D eigenvalue weighted by Crippen LogP contribution is 2.20. The smallest absolute Gasteiger partial charge is 0.269 e. The van der Waals surface area contributed by atoms with Crippen molar-refractivity contribution in [3.63, 3.8) is 0 Å². The normalized spacial score (nSPS) is 20.6. The van der Waals surface area contributed by atoms with Crippen LogP contribution < -0.4 is 11.1 Å². The maximum atomic E-state index is 11.1. The van der Waals surface area contributed by atoms with Crippen LogP contribution in [0, 0.1) is 6.92 Å². The number of imidazole rings is 1. The number of hydrogen-bond acceptors (Lipinski definition) is 3. The van der Waals surface area contributed by atoms with Gasteiger partial charge in [-0.15, -0.1) is 0 Å². The molecule has 3 N–H and O–H groups in total. The van der Waals surface area contributed by atoms with Gasteiger partial charge in [-0.2, -0.15) is 0 Å². The van der Waals surface area contributed by atoms with Gasteiger partial charge in [0.25, 0.3) is 5.91 Å². The molecular formula is C9H14N4O. The van der Waals surface area contributed by atoms with Crippen molar-refractivity contribution in [2.75, 3.05) is 6.54 Å². The summed E-state index contributed by atoms with van der Waals surface area (Å²) in [6, 6.07) is 0.333. The van der Waals surface area contributed by atoms with Crippen LogP contribution in [0.4, 0.5) is 0 Å². The number of fused-ring (bicyclic) bond motifs is 1. The first-order valence-corrected chi connectivity index (χ1v) is 4.69. The Morgan fingerprint density at radius 1 is 1.71 bits per heavy atom.